The van der Waals surface area contributed by atoms with Crippen molar-refractivity contribution in [1.29, 1.82) is 0 Å². The first-order chi connectivity index (χ1) is 13.7. The molecular formula is C22H23N3O3. The molecular weight excluding hydrogens is 354 g/mol. The molecule has 1 N–H and O–H groups in total. The van der Waals surface area contributed by atoms with Crippen LogP contribution >= 0.6 is 0 Å². The number of hydrazone groups is 1. The van der Waals surface area contributed by atoms with Gasteiger partial charge in [-0.2, -0.15) is 5.10 Å². The highest BCUT2D eigenvalue weighted by Gasteiger charge is 2.34. The summed E-state index contributed by atoms with van der Waals surface area (Å²) in [4.78, 5) is 26.3. The quantitative estimate of drug-likeness (QED) is 0.437. The van der Waals surface area contributed by atoms with E-state index in [9.17, 15) is 9.59 Å². The van der Waals surface area contributed by atoms with E-state index in [4.69, 9.17) is 4.74 Å². The fourth-order valence-corrected chi connectivity index (χ4v) is 3.03. The Morgan fingerprint density at radius 3 is 2.75 bits per heavy atom. The third-order valence-corrected chi connectivity index (χ3v) is 4.46. The van der Waals surface area contributed by atoms with Gasteiger partial charge in [-0.15, -0.1) is 0 Å². The molecule has 3 rings (SSSR count). The maximum Gasteiger partial charge on any atom is 0.245 e. The summed E-state index contributed by atoms with van der Waals surface area (Å²) < 4.78 is 5.56. The summed E-state index contributed by atoms with van der Waals surface area (Å²) in [6, 6.07) is 17.1. The smallest absolute Gasteiger partial charge is 0.245 e. The minimum absolute atomic E-state index is 0.0175. The Morgan fingerprint density at radius 1 is 1.21 bits per heavy atom. The molecule has 1 heterocycles. The van der Waals surface area contributed by atoms with Gasteiger partial charge < -0.3 is 9.64 Å². The van der Waals surface area contributed by atoms with E-state index >= 15 is 0 Å². The number of rotatable bonds is 8. The Bertz CT molecular complexity index is 864. The molecule has 2 aromatic carbocycles. The van der Waals surface area contributed by atoms with Crippen LogP contribution < -0.4 is 10.2 Å². The largest absolute Gasteiger partial charge is 0.489 e. The fraction of sp³-hybridized carbons (Fsp3) is 0.227. The topological polar surface area (TPSA) is 71.0 Å². The molecule has 1 atom stereocenters. The molecule has 28 heavy (non-hydrogen) atoms. The van der Waals surface area contributed by atoms with Crippen molar-refractivity contribution in [2.24, 2.45) is 11.0 Å². The molecule has 0 saturated carbocycles. The lowest BCUT2D eigenvalue weighted by atomic mass is 10.1. The van der Waals surface area contributed by atoms with Gasteiger partial charge in [-0.3, -0.25) is 9.59 Å². The third-order valence-electron chi connectivity index (χ3n) is 4.46. The van der Waals surface area contributed by atoms with Gasteiger partial charge in [-0.05, 0) is 17.7 Å². The van der Waals surface area contributed by atoms with E-state index in [0.29, 0.717) is 25.4 Å². The number of likely N-dealkylation sites (tertiary alicyclic amines) is 1. The zero-order chi connectivity index (χ0) is 19.8. The van der Waals surface area contributed by atoms with Crippen molar-refractivity contribution in [2.75, 3.05) is 13.2 Å². The number of carbonyl (C=O) groups excluding carboxylic acids is 2. The summed E-state index contributed by atoms with van der Waals surface area (Å²) in [7, 11) is 0. The second-order valence-corrected chi connectivity index (χ2v) is 6.53. The lowest BCUT2D eigenvalue weighted by molar-refractivity contribution is -0.129. The van der Waals surface area contributed by atoms with Crippen molar-refractivity contribution < 1.29 is 14.3 Å². The second-order valence-electron chi connectivity index (χ2n) is 6.53. The molecule has 0 radical (unpaired) electrons. The van der Waals surface area contributed by atoms with Crippen molar-refractivity contribution in [2.45, 2.75) is 13.0 Å². The molecule has 0 bridgehead atoms. The predicted octanol–water partition coefficient (Wildman–Crippen LogP) is 2.75. The molecule has 1 saturated heterocycles. The predicted molar refractivity (Wildman–Crippen MR) is 108 cm³/mol. The number of hydrogen-bond donors (Lipinski definition) is 1. The molecule has 0 spiro atoms. The molecule has 144 valence electrons. The molecule has 1 aliphatic heterocycles. The standard InChI is InChI=1S/C22H23N3O3/c1-2-12-28-20-11-7-6-10-18(20)14-23-24-22(27)19-13-21(26)25(16-19)15-17-8-4-3-5-9-17/h2-11,14,19H,1,12-13,15-16H2,(H,24,27)/b23-14+. The van der Waals surface area contributed by atoms with Crippen molar-refractivity contribution in [1.82, 2.24) is 10.3 Å². The van der Waals surface area contributed by atoms with E-state index in [1.165, 1.54) is 6.21 Å². The summed E-state index contributed by atoms with van der Waals surface area (Å²) in [5.74, 6) is -0.0214. The molecule has 1 aliphatic rings. The number of nitrogens with one attached hydrogen (secondary N) is 1. The second kappa shape index (κ2) is 9.50. The van der Waals surface area contributed by atoms with Crippen molar-refractivity contribution in [3.8, 4) is 5.75 Å². The molecule has 2 aromatic rings. The number of para-hydroxylation sites is 1. The highest BCUT2D eigenvalue weighted by Crippen LogP contribution is 2.20. The summed E-state index contributed by atoms with van der Waals surface area (Å²) in [5, 5.41) is 4.03. The van der Waals surface area contributed by atoms with Crippen LogP contribution in [0.5, 0.6) is 5.75 Å². The summed E-state index contributed by atoms with van der Waals surface area (Å²) in [5.41, 5.74) is 4.33. The first-order valence-corrected chi connectivity index (χ1v) is 9.14. The highest BCUT2D eigenvalue weighted by molar-refractivity contribution is 5.90. The van der Waals surface area contributed by atoms with Gasteiger partial charge in [0.15, 0.2) is 0 Å². The Labute approximate surface area is 164 Å². The van der Waals surface area contributed by atoms with Gasteiger partial charge in [0.2, 0.25) is 11.8 Å². The number of ether oxygens (including phenoxy) is 1. The summed E-state index contributed by atoms with van der Waals surface area (Å²) in [6.07, 6.45) is 3.40. The SMILES string of the molecule is C=CCOc1ccccc1/C=N/NC(=O)C1CC(=O)N(Cc2ccccc2)C1. The number of hydrogen-bond acceptors (Lipinski definition) is 4. The zero-order valence-corrected chi connectivity index (χ0v) is 15.6. The number of benzene rings is 2. The lowest BCUT2D eigenvalue weighted by Crippen LogP contribution is -2.30. The average molecular weight is 377 g/mol. The molecule has 1 fully saturated rings. The molecule has 0 aromatic heterocycles. The zero-order valence-electron chi connectivity index (χ0n) is 15.6. The average Bonchev–Trinajstić information content (AvgIpc) is 3.08. The van der Waals surface area contributed by atoms with Crippen LogP contribution in [0.25, 0.3) is 0 Å². The minimum atomic E-state index is -0.402. The van der Waals surface area contributed by atoms with E-state index in [-0.39, 0.29) is 18.2 Å². The van der Waals surface area contributed by atoms with E-state index in [0.717, 1.165) is 11.1 Å². The van der Waals surface area contributed by atoms with Crippen molar-refractivity contribution in [3.63, 3.8) is 0 Å². The molecule has 2 amide bonds. The van der Waals surface area contributed by atoms with Crippen LogP contribution in [0, 0.1) is 5.92 Å². The number of carbonyl (C=O) groups is 2. The van der Waals surface area contributed by atoms with Crippen molar-refractivity contribution in [3.05, 3.63) is 78.4 Å². The Morgan fingerprint density at radius 2 is 1.96 bits per heavy atom. The summed E-state index contributed by atoms with van der Waals surface area (Å²) >= 11 is 0. The van der Waals surface area contributed by atoms with Crippen molar-refractivity contribution >= 4 is 18.0 Å². The van der Waals surface area contributed by atoms with Gasteiger partial charge in [-0.25, -0.2) is 5.43 Å². The third kappa shape index (κ3) is 5.07. The normalized spacial score (nSPS) is 16.4. The van der Waals surface area contributed by atoms with E-state index in [1.807, 2.05) is 54.6 Å². The van der Waals surface area contributed by atoms with Crippen LogP contribution in [0.15, 0.2) is 72.4 Å². The van der Waals surface area contributed by atoms with Crippen LogP contribution in [-0.4, -0.2) is 36.1 Å². The fourth-order valence-electron chi connectivity index (χ4n) is 3.03. The highest BCUT2D eigenvalue weighted by atomic mass is 16.5. The van der Waals surface area contributed by atoms with E-state index in [2.05, 4.69) is 17.1 Å². The Hall–Kier alpha value is -3.41. The minimum Gasteiger partial charge on any atom is -0.489 e. The number of nitrogens with zero attached hydrogens (tertiary/aromatic N) is 2. The molecule has 6 nitrogen and oxygen atoms in total. The van der Waals surface area contributed by atoms with Crippen LogP contribution in [0.1, 0.15) is 17.5 Å². The molecule has 0 aliphatic carbocycles. The van der Waals surface area contributed by atoms with Crippen LogP contribution in [-0.2, 0) is 16.1 Å². The van der Waals surface area contributed by atoms with E-state index in [1.54, 1.807) is 11.0 Å². The number of amides is 2. The Balaban J connectivity index is 1.55. The van der Waals surface area contributed by atoms with Gasteiger partial charge in [0.1, 0.15) is 12.4 Å². The monoisotopic (exact) mass is 377 g/mol. The van der Waals surface area contributed by atoms with Gasteiger partial charge >= 0.3 is 0 Å². The maximum absolute atomic E-state index is 12.4. The first-order valence-electron chi connectivity index (χ1n) is 9.14. The lowest BCUT2D eigenvalue weighted by Gasteiger charge is -2.16. The summed E-state index contributed by atoms with van der Waals surface area (Å²) in [6.45, 7) is 4.93. The van der Waals surface area contributed by atoms with Gasteiger partial charge in [0.05, 0.1) is 12.1 Å². The Kier molecular flexibility index (Phi) is 6.57. The van der Waals surface area contributed by atoms with Crippen LogP contribution in [0.4, 0.5) is 0 Å². The van der Waals surface area contributed by atoms with E-state index < -0.39 is 5.92 Å². The van der Waals surface area contributed by atoms with Gasteiger partial charge in [-0.1, -0.05) is 55.1 Å². The first kappa shape index (κ1) is 19.4. The van der Waals surface area contributed by atoms with Gasteiger partial charge in [0, 0.05) is 25.1 Å². The molecule has 1 unspecified atom stereocenters. The van der Waals surface area contributed by atoms with Crippen LogP contribution in [0.3, 0.4) is 0 Å². The van der Waals surface area contributed by atoms with Crippen LogP contribution in [0.2, 0.25) is 0 Å². The molecule has 6 heteroatoms. The maximum atomic E-state index is 12.4. The van der Waals surface area contributed by atoms with Gasteiger partial charge in [0.25, 0.3) is 0 Å².